The number of hydrogen-bond acceptors (Lipinski definition) is 3. The van der Waals surface area contributed by atoms with Crippen molar-refractivity contribution in [2.24, 2.45) is 10.7 Å². The average molecular weight is 167 g/mol. The Kier molecular flexibility index (Phi) is 3.80. The van der Waals surface area contributed by atoms with Crippen molar-refractivity contribution in [2.75, 3.05) is 19.6 Å². The number of rotatable bonds is 2. The van der Waals surface area contributed by atoms with Gasteiger partial charge < -0.3 is 11.1 Å². The van der Waals surface area contributed by atoms with Gasteiger partial charge in [0.25, 0.3) is 0 Å². The largest absolute Gasteiger partial charge is 0.369 e. The maximum absolute atomic E-state index is 5.40. The highest BCUT2D eigenvalue weighted by Gasteiger charge is 2.09. The summed E-state index contributed by atoms with van der Waals surface area (Å²) in [4.78, 5) is 4.40. The summed E-state index contributed by atoms with van der Waals surface area (Å²) >= 11 is 0. The Morgan fingerprint density at radius 3 is 3.17 bits per heavy atom. The number of amidine groups is 1. The van der Waals surface area contributed by atoms with E-state index in [2.05, 4.69) is 23.3 Å². The normalized spacial score (nSPS) is 20.8. The Morgan fingerprint density at radius 1 is 1.67 bits per heavy atom. The Balaban J connectivity index is 2.52. The number of aliphatic imine (C=N–C) groups is 1. The monoisotopic (exact) mass is 167 g/mol. The summed E-state index contributed by atoms with van der Waals surface area (Å²) in [7, 11) is 0. The van der Waals surface area contributed by atoms with Crippen LogP contribution in [-0.2, 0) is 0 Å². The van der Waals surface area contributed by atoms with Crippen LogP contribution in [0.25, 0.3) is 0 Å². The first kappa shape index (κ1) is 9.26. The molecule has 0 spiro atoms. The van der Waals surface area contributed by atoms with E-state index in [1.54, 1.807) is 0 Å². The van der Waals surface area contributed by atoms with Crippen LogP contribution in [0, 0.1) is 0 Å². The van der Waals surface area contributed by atoms with Crippen molar-refractivity contribution in [3.8, 4) is 0 Å². The van der Waals surface area contributed by atoms with Gasteiger partial charge in [0.2, 0.25) is 0 Å². The molecular formula is C9H17N3. The van der Waals surface area contributed by atoms with Crippen molar-refractivity contribution in [2.45, 2.75) is 19.8 Å². The topological polar surface area (TPSA) is 50.4 Å². The van der Waals surface area contributed by atoms with Crippen LogP contribution in [0.15, 0.2) is 16.6 Å². The predicted molar refractivity (Wildman–Crippen MR) is 52.4 cm³/mol. The second-order valence-electron chi connectivity index (χ2n) is 2.86. The lowest BCUT2D eigenvalue weighted by atomic mass is 10.1. The Bertz CT molecular complexity index is 194. The van der Waals surface area contributed by atoms with Gasteiger partial charge in [0, 0.05) is 19.6 Å². The number of nitrogens with zero attached hydrogens (tertiary/aromatic N) is 1. The predicted octanol–water partition coefficient (Wildman–Crippen LogP) is 0.673. The van der Waals surface area contributed by atoms with E-state index in [0.717, 1.165) is 25.3 Å². The van der Waals surface area contributed by atoms with Crippen molar-refractivity contribution >= 4 is 5.84 Å². The van der Waals surface area contributed by atoms with Gasteiger partial charge in [-0.25, -0.2) is 0 Å². The highest BCUT2D eigenvalue weighted by atomic mass is 15.0. The molecule has 0 saturated carbocycles. The minimum atomic E-state index is 0.663. The van der Waals surface area contributed by atoms with E-state index >= 15 is 0 Å². The molecule has 0 aromatic heterocycles. The van der Waals surface area contributed by atoms with Gasteiger partial charge in [-0.05, 0) is 25.3 Å². The van der Waals surface area contributed by atoms with Crippen molar-refractivity contribution in [1.82, 2.24) is 5.32 Å². The van der Waals surface area contributed by atoms with E-state index in [9.17, 15) is 0 Å². The van der Waals surface area contributed by atoms with Crippen molar-refractivity contribution < 1.29 is 0 Å². The third kappa shape index (κ3) is 2.34. The summed E-state index contributed by atoms with van der Waals surface area (Å²) in [5, 5.41) is 3.23. The molecule has 3 nitrogen and oxygen atoms in total. The molecule has 0 amide bonds. The average Bonchev–Trinajstić information content (AvgIpc) is 2.15. The highest BCUT2D eigenvalue weighted by Crippen LogP contribution is 2.11. The van der Waals surface area contributed by atoms with Crippen LogP contribution in [0.5, 0.6) is 0 Å². The minimum absolute atomic E-state index is 0.663. The summed E-state index contributed by atoms with van der Waals surface area (Å²) in [5.41, 5.74) is 6.72. The van der Waals surface area contributed by atoms with Gasteiger partial charge in [0.1, 0.15) is 5.84 Å². The van der Waals surface area contributed by atoms with E-state index < -0.39 is 0 Å². The molecule has 0 atom stereocenters. The Hall–Kier alpha value is -0.830. The molecule has 0 bridgehead atoms. The van der Waals surface area contributed by atoms with Crippen LogP contribution in [0.4, 0.5) is 0 Å². The molecule has 3 heteroatoms. The van der Waals surface area contributed by atoms with Gasteiger partial charge in [-0.2, -0.15) is 0 Å². The molecule has 3 N–H and O–H groups in total. The molecule has 0 fully saturated rings. The van der Waals surface area contributed by atoms with E-state index in [-0.39, 0.29) is 0 Å². The zero-order valence-electron chi connectivity index (χ0n) is 7.64. The first-order chi connectivity index (χ1) is 5.88. The quantitative estimate of drug-likeness (QED) is 0.635. The number of allylic oxidation sites excluding steroid dienone is 1. The van der Waals surface area contributed by atoms with E-state index in [0.29, 0.717) is 6.54 Å². The van der Waals surface area contributed by atoms with Crippen molar-refractivity contribution in [3.63, 3.8) is 0 Å². The summed E-state index contributed by atoms with van der Waals surface area (Å²) in [6.45, 7) is 4.48. The third-order valence-corrected chi connectivity index (χ3v) is 1.96. The molecule has 12 heavy (non-hydrogen) atoms. The fourth-order valence-electron chi connectivity index (χ4n) is 1.32. The van der Waals surface area contributed by atoms with Crippen LogP contribution < -0.4 is 11.1 Å². The zero-order chi connectivity index (χ0) is 8.81. The first-order valence-electron chi connectivity index (χ1n) is 4.52. The molecule has 1 heterocycles. The zero-order valence-corrected chi connectivity index (χ0v) is 7.64. The SMILES string of the molecule is C/C=C1\CCCN=C1NCCN. The van der Waals surface area contributed by atoms with Crippen LogP contribution in [0.2, 0.25) is 0 Å². The molecule has 1 rings (SSSR count). The number of hydrogen-bond donors (Lipinski definition) is 2. The summed E-state index contributed by atoms with van der Waals surface area (Å²) in [5.74, 6) is 1.05. The standard InChI is InChI=1S/C9H17N3/c1-2-8-4-3-6-11-9(8)12-7-5-10/h2H,3-7,10H2,1H3,(H,11,12)/b8-2+. The molecular weight excluding hydrogens is 150 g/mol. The van der Waals surface area contributed by atoms with Gasteiger partial charge in [0.05, 0.1) is 0 Å². The maximum atomic E-state index is 5.40. The number of nitrogens with one attached hydrogen (secondary N) is 1. The first-order valence-corrected chi connectivity index (χ1v) is 4.52. The fraction of sp³-hybridized carbons (Fsp3) is 0.667. The summed E-state index contributed by atoms with van der Waals surface area (Å²) in [6, 6.07) is 0. The molecule has 0 unspecified atom stereocenters. The lowest BCUT2D eigenvalue weighted by molar-refractivity contribution is 0.777. The van der Waals surface area contributed by atoms with Gasteiger partial charge in [-0.15, -0.1) is 0 Å². The molecule has 1 aliphatic heterocycles. The van der Waals surface area contributed by atoms with E-state index in [1.807, 2.05) is 0 Å². The van der Waals surface area contributed by atoms with Crippen LogP contribution in [-0.4, -0.2) is 25.5 Å². The highest BCUT2D eigenvalue weighted by molar-refractivity contribution is 5.98. The Labute approximate surface area is 73.7 Å². The molecule has 68 valence electrons. The van der Waals surface area contributed by atoms with Gasteiger partial charge in [0.15, 0.2) is 0 Å². The van der Waals surface area contributed by atoms with Crippen molar-refractivity contribution in [3.05, 3.63) is 11.6 Å². The fourth-order valence-corrected chi connectivity index (χ4v) is 1.32. The number of nitrogens with two attached hydrogens (primary N) is 1. The molecule has 0 aliphatic carbocycles. The second kappa shape index (κ2) is 4.93. The van der Waals surface area contributed by atoms with Crippen LogP contribution in [0.1, 0.15) is 19.8 Å². The maximum Gasteiger partial charge on any atom is 0.123 e. The van der Waals surface area contributed by atoms with E-state index in [4.69, 9.17) is 5.73 Å². The van der Waals surface area contributed by atoms with Gasteiger partial charge in [-0.3, -0.25) is 4.99 Å². The molecule has 1 aliphatic rings. The summed E-state index contributed by atoms with van der Waals surface area (Å²) in [6.07, 6.45) is 4.45. The third-order valence-electron chi connectivity index (χ3n) is 1.96. The molecule has 0 saturated heterocycles. The van der Waals surface area contributed by atoms with Gasteiger partial charge in [-0.1, -0.05) is 6.08 Å². The van der Waals surface area contributed by atoms with Crippen LogP contribution in [0.3, 0.4) is 0 Å². The lowest BCUT2D eigenvalue weighted by Gasteiger charge is -2.16. The summed E-state index contributed by atoms with van der Waals surface area (Å²) < 4.78 is 0. The molecule has 0 aromatic rings. The Morgan fingerprint density at radius 2 is 2.50 bits per heavy atom. The van der Waals surface area contributed by atoms with E-state index in [1.165, 1.54) is 12.0 Å². The molecule has 0 radical (unpaired) electrons. The van der Waals surface area contributed by atoms with Gasteiger partial charge >= 0.3 is 0 Å². The van der Waals surface area contributed by atoms with Crippen molar-refractivity contribution in [1.29, 1.82) is 0 Å². The van der Waals surface area contributed by atoms with Crippen LogP contribution >= 0.6 is 0 Å². The smallest absolute Gasteiger partial charge is 0.123 e. The minimum Gasteiger partial charge on any atom is -0.369 e. The second-order valence-corrected chi connectivity index (χ2v) is 2.86. The lowest BCUT2D eigenvalue weighted by Crippen LogP contribution is -2.32. The molecule has 0 aromatic carbocycles.